The summed E-state index contributed by atoms with van der Waals surface area (Å²) in [4.78, 5) is 9.19. The summed E-state index contributed by atoms with van der Waals surface area (Å²) in [7, 11) is -3.65. The van der Waals surface area contributed by atoms with Crippen molar-refractivity contribution in [2.75, 3.05) is 35.8 Å². The highest BCUT2D eigenvalue weighted by Crippen LogP contribution is 2.20. The van der Waals surface area contributed by atoms with Crippen LogP contribution in [0.4, 0.5) is 15.9 Å². The summed E-state index contributed by atoms with van der Waals surface area (Å²) in [6, 6.07) is 17.0. The van der Waals surface area contributed by atoms with Crippen molar-refractivity contribution in [3.63, 3.8) is 0 Å². The molecule has 3 aromatic rings. The van der Waals surface area contributed by atoms with E-state index >= 15 is 0 Å². The molecule has 0 spiro atoms. The molecule has 1 aliphatic heterocycles. The van der Waals surface area contributed by atoms with Gasteiger partial charge in [-0.2, -0.15) is 0 Å². The number of hydrogen-bond donors (Lipinski definition) is 1. The first-order chi connectivity index (χ1) is 14.9. The number of aryl methyl sites for hydroxylation is 1. The van der Waals surface area contributed by atoms with Crippen molar-refractivity contribution >= 4 is 21.5 Å². The third-order valence-corrected chi connectivity index (χ3v) is 6.69. The van der Waals surface area contributed by atoms with Crippen molar-refractivity contribution in [1.29, 1.82) is 0 Å². The van der Waals surface area contributed by atoms with E-state index in [1.807, 2.05) is 31.2 Å². The Kier molecular flexibility index (Phi) is 6.20. The molecule has 1 aromatic heterocycles. The first-order valence-corrected chi connectivity index (χ1v) is 11.6. The van der Waals surface area contributed by atoms with Gasteiger partial charge in [0.2, 0.25) is 0 Å². The van der Waals surface area contributed by atoms with Gasteiger partial charge in [-0.15, -0.1) is 0 Å². The zero-order valence-corrected chi connectivity index (χ0v) is 18.1. The van der Waals surface area contributed by atoms with E-state index in [0.29, 0.717) is 5.69 Å². The average molecular weight is 441 g/mol. The Hall–Kier alpha value is -2.97. The van der Waals surface area contributed by atoms with Gasteiger partial charge in [0.1, 0.15) is 11.6 Å². The number of rotatable bonds is 6. The molecule has 6 nitrogen and oxygen atoms in total. The quantitative estimate of drug-likeness (QED) is 0.634. The van der Waals surface area contributed by atoms with E-state index in [1.165, 1.54) is 12.1 Å². The van der Waals surface area contributed by atoms with Gasteiger partial charge in [0.15, 0.2) is 0 Å². The topological polar surface area (TPSA) is 65.5 Å². The Bertz CT molecular complexity index is 1130. The van der Waals surface area contributed by atoms with Crippen LogP contribution in [-0.2, 0) is 16.6 Å². The number of nitrogens with zero attached hydrogens (tertiary/aromatic N) is 3. The van der Waals surface area contributed by atoms with Gasteiger partial charge in [-0.05, 0) is 54.4 Å². The number of pyridine rings is 1. The fourth-order valence-electron chi connectivity index (χ4n) is 3.61. The molecule has 8 heteroatoms. The van der Waals surface area contributed by atoms with Gasteiger partial charge >= 0.3 is 0 Å². The number of hydrogen-bond acceptors (Lipinski definition) is 5. The van der Waals surface area contributed by atoms with Gasteiger partial charge in [0, 0.05) is 32.7 Å². The standard InChI is InChI=1S/C23H25FN4O2S/c1-18-3-2-4-22(15-18)31(29,30)26-21-9-10-23(25-16-21)28-13-11-27(12-14-28)17-19-5-7-20(24)8-6-19/h2-10,15-16,26H,11-14,17H2,1H3. The third-order valence-electron chi connectivity index (χ3n) is 5.32. The first-order valence-electron chi connectivity index (χ1n) is 10.2. The SMILES string of the molecule is Cc1cccc(S(=O)(=O)Nc2ccc(N3CCN(Cc4ccc(F)cc4)CC3)nc2)c1. The molecular weight excluding hydrogens is 415 g/mol. The summed E-state index contributed by atoms with van der Waals surface area (Å²) in [5.41, 5.74) is 2.41. The lowest BCUT2D eigenvalue weighted by atomic mass is 10.2. The molecule has 0 unspecified atom stereocenters. The molecule has 162 valence electrons. The lowest BCUT2D eigenvalue weighted by molar-refractivity contribution is 0.249. The molecule has 1 saturated heterocycles. The number of aromatic nitrogens is 1. The number of sulfonamides is 1. The summed E-state index contributed by atoms with van der Waals surface area (Å²) in [6.45, 7) is 6.04. The van der Waals surface area contributed by atoms with Crippen LogP contribution in [0.25, 0.3) is 0 Å². The second-order valence-corrected chi connectivity index (χ2v) is 9.40. The normalized spacial score (nSPS) is 15.1. The van der Waals surface area contributed by atoms with Crippen molar-refractivity contribution in [2.24, 2.45) is 0 Å². The highest BCUT2D eigenvalue weighted by atomic mass is 32.2. The van der Waals surface area contributed by atoms with Crippen LogP contribution in [0, 0.1) is 12.7 Å². The summed E-state index contributed by atoms with van der Waals surface area (Å²) >= 11 is 0. The molecule has 2 heterocycles. The highest BCUT2D eigenvalue weighted by molar-refractivity contribution is 7.92. The number of piperazine rings is 1. The summed E-state index contributed by atoms with van der Waals surface area (Å²) in [6.07, 6.45) is 1.55. The van der Waals surface area contributed by atoms with E-state index in [-0.39, 0.29) is 10.7 Å². The molecule has 0 atom stereocenters. The van der Waals surface area contributed by atoms with Gasteiger partial charge in [-0.3, -0.25) is 9.62 Å². The van der Waals surface area contributed by atoms with Crippen LogP contribution in [0.3, 0.4) is 0 Å². The smallest absolute Gasteiger partial charge is 0.261 e. The zero-order valence-electron chi connectivity index (χ0n) is 17.3. The van der Waals surface area contributed by atoms with E-state index in [0.717, 1.165) is 49.7 Å². The molecule has 0 aliphatic carbocycles. The maximum Gasteiger partial charge on any atom is 0.261 e. The highest BCUT2D eigenvalue weighted by Gasteiger charge is 2.19. The average Bonchev–Trinajstić information content (AvgIpc) is 2.76. The van der Waals surface area contributed by atoms with Gasteiger partial charge in [-0.25, -0.2) is 17.8 Å². The monoisotopic (exact) mass is 440 g/mol. The van der Waals surface area contributed by atoms with Crippen LogP contribution in [0.15, 0.2) is 71.8 Å². The van der Waals surface area contributed by atoms with Crippen LogP contribution in [-0.4, -0.2) is 44.5 Å². The van der Waals surface area contributed by atoms with Crippen molar-refractivity contribution in [2.45, 2.75) is 18.4 Å². The van der Waals surface area contributed by atoms with Crippen LogP contribution in [0.1, 0.15) is 11.1 Å². The van der Waals surface area contributed by atoms with Crippen molar-refractivity contribution in [3.8, 4) is 0 Å². The van der Waals surface area contributed by atoms with E-state index in [9.17, 15) is 12.8 Å². The number of nitrogens with one attached hydrogen (secondary N) is 1. The lowest BCUT2D eigenvalue weighted by Crippen LogP contribution is -2.46. The first kappa shape index (κ1) is 21.3. The molecule has 0 saturated carbocycles. The predicted octanol–water partition coefficient (Wildman–Crippen LogP) is 3.65. The molecule has 1 aliphatic rings. The molecule has 1 N–H and O–H groups in total. The summed E-state index contributed by atoms with van der Waals surface area (Å²) in [5.74, 6) is 0.601. The van der Waals surface area contributed by atoms with E-state index < -0.39 is 10.0 Å². The van der Waals surface area contributed by atoms with Gasteiger partial charge in [-0.1, -0.05) is 24.3 Å². The van der Waals surface area contributed by atoms with Crippen molar-refractivity contribution < 1.29 is 12.8 Å². The minimum Gasteiger partial charge on any atom is -0.354 e. The number of halogens is 1. The zero-order chi connectivity index (χ0) is 21.8. The molecule has 0 radical (unpaired) electrons. The summed E-state index contributed by atoms with van der Waals surface area (Å²) < 4.78 is 40.8. The maximum absolute atomic E-state index is 13.1. The maximum atomic E-state index is 13.1. The lowest BCUT2D eigenvalue weighted by Gasteiger charge is -2.35. The molecule has 31 heavy (non-hydrogen) atoms. The van der Waals surface area contributed by atoms with Crippen LogP contribution >= 0.6 is 0 Å². The van der Waals surface area contributed by atoms with E-state index in [4.69, 9.17) is 0 Å². The second kappa shape index (κ2) is 9.03. The molecule has 4 rings (SSSR count). The Morgan fingerprint density at radius 2 is 1.74 bits per heavy atom. The number of anilines is 2. The Balaban J connectivity index is 1.34. The van der Waals surface area contributed by atoms with Crippen LogP contribution in [0.2, 0.25) is 0 Å². The molecular formula is C23H25FN4O2S. The molecule has 0 bridgehead atoms. The molecule has 2 aromatic carbocycles. The largest absolute Gasteiger partial charge is 0.354 e. The predicted molar refractivity (Wildman–Crippen MR) is 120 cm³/mol. The third kappa shape index (κ3) is 5.39. The van der Waals surface area contributed by atoms with Crippen molar-refractivity contribution in [1.82, 2.24) is 9.88 Å². The fraction of sp³-hybridized carbons (Fsp3) is 0.261. The second-order valence-electron chi connectivity index (χ2n) is 7.72. The van der Waals surface area contributed by atoms with Crippen LogP contribution < -0.4 is 9.62 Å². The minimum atomic E-state index is -3.65. The van der Waals surface area contributed by atoms with Gasteiger partial charge < -0.3 is 4.90 Å². The Morgan fingerprint density at radius 1 is 1.00 bits per heavy atom. The van der Waals surface area contributed by atoms with Crippen molar-refractivity contribution in [3.05, 3.63) is 83.8 Å². The van der Waals surface area contributed by atoms with Gasteiger partial charge in [0.25, 0.3) is 10.0 Å². The number of benzene rings is 2. The minimum absolute atomic E-state index is 0.218. The fourth-order valence-corrected chi connectivity index (χ4v) is 4.76. The van der Waals surface area contributed by atoms with Crippen LogP contribution in [0.5, 0.6) is 0 Å². The van der Waals surface area contributed by atoms with Gasteiger partial charge in [0.05, 0.1) is 16.8 Å². The van der Waals surface area contributed by atoms with E-state index in [2.05, 4.69) is 19.5 Å². The Labute approximate surface area is 182 Å². The molecule has 0 amide bonds. The molecule has 1 fully saturated rings. The summed E-state index contributed by atoms with van der Waals surface area (Å²) in [5, 5.41) is 0. The Morgan fingerprint density at radius 3 is 2.39 bits per heavy atom. The van der Waals surface area contributed by atoms with E-state index in [1.54, 1.807) is 30.5 Å².